The number of β-lactam (4-membered cyclic amide) rings is 1. The van der Waals surface area contributed by atoms with E-state index in [4.69, 9.17) is 30.8 Å². The van der Waals surface area contributed by atoms with Crippen molar-refractivity contribution >= 4 is 33.7 Å². The second-order valence-electron chi connectivity index (χ2n) is 14.5. The molecule has 5 fully saturated rings. The lowest BCUT2D eigenvalue weighted by atomic mass is 9.80. The largest absolute Gasteiger partial charge is 0.508 e. The number of alkyl halides is 1. The number of carbonyl (C=O) groups excluding carboxylic acids is 1. The number of nitrogens with zero attached hydrogens (tertiary/aromatic N) is 6. The van der Waals surface area contributed by atoms with Gasteiger partial charge in [0.25, 0.3) is 0 Å². The second-order valence-corrected chi connectivity index (χ2v) is 14.5. The number of rotatable bonds is 7. The van der Waals surface area contributed by atoms with E-state index in [0.29, 0.717) is 60.2 Å². The molecule has 13 heteroatoms. The first kappa shape index (κ1) is 30.4. The van der Waals surface area contributed by atoms with Gasteiger partial charge in [0.05, 0.1) is 23.1 Å². The summed E-state index contributed by atoms with van der Waals surface area (Å²) >= 11 is 0. The SMILES string of the molecule is C#Cc1c(F)ccc2cc(O)cc(Oc3nc4nc(OC[C@@]56CCCN5C[C@H](F)C6)nc(N5CCC[C@@]6(CC(=O)N6)C5)c4n3C3CCC3)c12. The number of carbonyl (C=O) groups is 1. The molecule has 2 N–H and O–H groups in total. The highest BCUT2D eigenvalue weighted by molar-refractivity contribution is 5.95. The number of aromatic hydroxyl groups is 1. The van der Waals surface area contributed by atoms with Gasteiger partial charge in [-0.1, -0.05) is 12.0 Å². The van der Waals surface area contributed by atoms with Crippen LogP contribution in [0.1, 0.15) is 69.4 Å². The van der Waals surface area contributed by atoms with Crippen LogP contribution in [-0.2, 0) is 4.79 Å². The lowest BCUT2D eigenvalue weighted by molar-refractivity contribution is -0.133. The first-order chi connectivity index (χ1) is 23.7. The first-order valence-electron chi connectivity index (χ1n) is 17.2. The first-order valence-corrected chi connectivity index (χ1v) is 17.2. The number of halogens is 2. The Labute approximate surface area is 281 Å². The highest BCUT2D eigenvalue weighted by Crippen LogP contribution is 2.45. The third kappa shape index (κ3) is 4.94. The van der Waals surface area contributed by atoms with Crippen LogP contribution in [0.3, 0.4) is 0 Å². The number of hydrogen-bond donors (Lipinski definition) is 2. The van der Waals surface area contributed by atoms with E-state index in [1.807, 2.05) is 4.57 Å². The number of terminal acetylenes is 1. The molecule has 1 aliphatic carbocycles. The molecule has 3 atom stereocenters. The van der Waals surface area contributed by atoms with Crippen LogP contribution in [0.25, 0.3) is 21.9 Å². The van der Waals surface area contributed by atoms with Crippen molar-refractivity contribution in [1.82, 2.24) is 29.7 Å². The Hall–Kier alpha value is -4.70. The summed E-state index contributed by atoms with van der Waals surface area (Å²) in [5.41, 5.74) is 0.353. The zero-order valence-electron chi connectivity index (χ0n) is 27.1. The zero-order chi connectivity index (χ0) is 33.5. The summed E-state index contributed by atoms with van der Waals surface area (Å²) in [7, 11) is 0. The van der Waals surface area contributed by atoms with Crippen molar-refractivity contribution in [3.63, 3.8) is 0 Å². The molecule has 49 heavy (non-hydrogen) atoms. The predicted octanol–water partition coefficient (Wildman–Crippen LogP) is 5.14. The summed E-state index contributed by atoms with van der Waals surface area (Å²) in [6.45, 7) is 2.80. The quantitative estimate of drug-likeness (QED) is 0.204. The van der Waals surface area contributed by atoms with Gasteiger partial charge in [0.1, 0.15) is 35.6 Å². The standard InChI is InChI=1S/C36H37F2N7O4/c1-2-25-26(38)9-8-21-14-24(46)15-27(29(21)25)49-34-40-31-30(45(34)23-6-3-7-23)32(43-12-4-10-35(19-43)17-28(47)42-35)41-33(39-31)48-20-36-11-5-13-44(36)18-22(37)16-36/h1,8-9,14-15,22-23,46H,3-7,10-13,16-20H2,(H,42,47)/t22-,35-,36+/m1/s1. The van der Waals surface area contributed by atoms with E-state index in [0.717, 1.165) is 51.5 Å². The predicted molar refractivity (Wildman–Crippen MR) is 177 cm³/mol. The zero-order valence-corrected chi connectivity index (χ0v) is 27.1. The number of imidazole rings is 1. The average molecular weight is 670 g/mol. The Morgan fingerprint density at radius 1 is 1.12 bits per heavy atom. The minimum atomic E-state index is -0.889. The van der Waals surface area contributed by atoms with Crippen molar-refractivity contribution < 1.29 is 28.2 Å². The normalized spacial score (nSPS) is 26.8. The summed E-state index contributed by atoms with van der Waals surface area (Å²) in [5.74, 6) is 2.64. The van der Waals surface area contributed by atoms with Gasteiger partial charge in [-0.2, -0.15) is 15.0 Å². The fourth-order valence-electron chi connectivity index (χ4n) is 8.78. The van der Waals surface area contributed by atoms with Crippen molar-refractivity contribution in [2.45, 2.75) is 81.1 Å². The smallest absolute Gasteiger partial charge is 0.320 e. The molecule has 254 valence electrons. The van der Waals surface area contributed by atoms with E-state index < -0.39 is 12.0 Å². The Balaban J connectivity index is 1.17. The fourth-order valence-corrected chi connectivity index (χ4v) is 8.78. The van der Waals surface area contributed by atoms with Crippen molar-refractivity contribution in [1.29, 1.82) is 0 Å². The maximum absolute atomic E-state index is 14.9. The fraction of sp³-hybridized carbons (Fsp3) is 0.500. The van der Waals surface area contributed by atoms with Crippen molar-refractivity contribution in [3.05, 3.63) is 35.6 Å². The lowest BCUT2D eigenvalue weighted by Gasteiger charge is -2.49. The third-order valence-electron chi connectivity index (χ3n) is 11.3. The minimum Gasteiger partial charge on any atom is -0.508 e. The lowest BCUT2D eigenvalue weighted by Crippen LogP contribution is -2.68. The van der Waals surface area contributed by atoms with E-state index in [-0.39, 0.29) is 58.7 Å². The molecule has 6 heterocycles. The number of amides is 1. The number of fused-ring (bicyclic) bond motifs is 3. The molecular weight excluding hydrogens is 632 g/mol. The molecule has 4 aromatic rings. The molecule has 2 aromatic heterocycles. The van der Waals surface area contributed by atoms with Gasteiger partial charge in [-0.25, -0.2) is 8.78 Å². The van der Waals surface area contributed by atoms with Crippen LogP contribution in [0, 0.1) is 18.2 Å². The van der Waals surface area contributed by atoms with Gasteiger partial charge in [-0.05, 0) is 69.0 Å². The molecule has 0 bridgehead atoms. The summed E-state index contributed by atoms with van der Waals surface area (Å²) < 4.78 is 44.4. The van der Waals surface area contributed by atoms with E-state index in [1.54, 1.807) is 6.07 Å². The summed E-state index contributed by atoms with van der Waals surface area (Å²) in [5, 5.41) is 14.6. The molecule has 9 rings (SSSR count). The van der Waals surface area contributed by atoms with Crippen molar-refractivity contribution in [2.24, 2.45) is 0 Å². The number of benzene rings is 2. The molecule has 0 unspecified atom stereocenters. The number of phenols is 1. The van der Waals surface area contributed by atoms with E-state index in [2.05, 4.69) is 21.0 Å². The van der Waals surface area contributed by atoms with Gasteiger partial charge in [-0.3, -0.25) is 14.3 Å². The maximum Gasteiger partial charge on any atom is 0.320 e. The van der Waals surface area contributed by atoms with Gasteiger partial charge in [0, 0.05) is 43.5 Å². The molecule has 0 radical (unpaired) electrons. The van der Waals surface area contributed by atoms with Crippen LogP contribution >= 0.6 is 0 Å². The highest BCUT2D eigenvalue weighted by atomic mass is 19.1. The second kappa shape index (κ2) is 11.2. The van der Waals surface area contributed by atoms with Gasteiger partial charge >= 0.3 is 12.0 Å². The Morgan fingerprint density at radius 3 is 2.73 bits per heavy atom. The number of ether oxygens (including phenoxy) is 2. The molecule has 1 spiro atoms. The average Bonchev–Trinajstić information content (AvgIpc) is 3.68. The molecule has 5 aliphatic rings. The molecule has 1 amide bonds. The minimum absolute atomic E-state index is 0.0268. The van der Waals surface area contributed by atoms with Crippen LogP contribution in [-0.4, -0.2) is 85.5 Å². The molecule has 4 aliphatic heterocycles. The number of aromatic nitrogens is 4. The van der Waals surface area contributed by atoms with Crippen LogP contribution in [0.2, 0.25) is 0 Å². The highest BCUT2D eigenvalue weighted by Gasteiger charge is 2.50. The number of nitrogens with one attached hydrogen (secondary N) is 1. The topological polar surface area (TPSA) is 118 Å². The molecular formula is C36H37F2N7O4. The van der Waals surface area contributed by atoms with Crippen molar-refractivity contribution in [3.8, 4) is 35.9 Å². The van der Waals surface area contributed by atoms with Crippen LogP contribution in [0.15, 0.2) is 24.3 Å². The number of piperidine rings is 1. The summed E-state index contributed by atoms with van der Waals surface area (Å²) in [4.78, 5) is 31.1. The van der Waals surface area contributed by atoms with Gasteiger partial charge < -0.3 is 24.8 Å². The van der Waals surface area contributed by atoms with Gasteiger partial charge in [0.15, 0.2) is 11.5 Å². The van der Waals surface area contributed by atoms with E-state index in [1.165, 1.54) is 18.2 Å². The summed E-state index contributed by atoms with van der Waals surface area (Å²) in [6, 6.07) is 6.14. The van der Waals surface area contributed by atoms with Crippen LogP contribution in [0.4, 0.5) is 14.6 Å². The Kier molecular flexibility index (Phi) is 6.92. The summed E-state index contributed by atoms with van der Waals surface area (Å²) in [6.07, 6.45) is 12.1. The van der Waals surface area contributed by atoms with Gasteiger partial charge in [-0.15, -0.1) is 6.42 Å². The molecule has 2 aromatic carbocycles. The molecule has 1 saturated carbocycles. The van der Waals surface area contributed by atoms with E-state index >= 15 is 0 Å². The third-order valence-corrected chi connectivity index (χ3v) is 11.3. The van der Waals surface area contributed by atoms with E-state index in [9.17, 15) is 18.7 Å². The Morgan fingerprint density at radius 2 is 1.96 bits per heavy atom. The molecule has 11 nitrogen and oxygen atoms in total. The Bertz CT molecular complexity index is 2050. The maximum atomic E-state index is 14.9. The van der Waals surface area contributed by atoms with Crippen LogP contribution in [0.5, 0.6) is 23.5 Å². The number of phenolic OH excluding ortho intramolecular Hbond substituents is 1. The van der Waals surface area contributed by atoms with Gasteiger partial charge in [0.2, 0.25) is 5.91 Å². The number of anilines is 1. The number of hydrogen-bond acceptors (Lipinski definition) is 9. The monoisotopic (exact) mass is 669 g/mol. The van der Waals surface area contributed by atoms with Crippen molar-refractivity contribution in [2.75, 3.05) is 37.7 Å². The van der Waals surface area contributed by atoms with Crippen LogP contribution < -0.4 is 19.7 Å². The molecule has 4 saturated heterocycles.